The van der Waals surface area contributed by atoms with Gasteiger partial charge in [0.25, 0.3) is 0 Å². The van der Waals surface area contributed by atoms with Crippen molar-refractivity contribution in [2.45, 2.75) is 15.9 Å². The van der Waals surface area contributed by atoms with Crippen molar-refractivity contribution in [3.63, 3.8) is 0 Å². The van der Waals surface area contributed by atoms with Gasteiger partial charge in [-0.15, -0.1) is 10.2 Å². The molecular formula is C15H18N8O5S2. The minimum Gasteiger partial charge on any atom is -0.391 e. The van der Waals surface area contributed by atoms with Crippen LogP contribution in [-0.4, -0.2) is 66.0 Å². The smallest absolute Gasteiger partial charge is 0.240 e. The van der Waals surface area contributed by atoms with Gasteiger partial charge in [-0.1, -0.05) is 6.07 Å². The van der Waals surface area contributed by atoms with Gasteiger partial charge in [-0.05, 0) is 29.0 Å². The Morgan fingerprint density at radius 1 is 1.13 bits per heavy atom. The molecule has 0 aliphatic rings. The zero-order valence-electron chi connectivity index (χ0n) is 15.3. The number of tetrazole rings is 1. The molecule has 1 aromatic carbocycles. The van der Waals surface area contributed by atoms with E-state index < -0.39 is 41.5 Å². The molecule has 0 unspecified atom stereocenters. The monoisotopic (exact) mass is 454 g/mol. The van der Waals surface area contributed by atoms with Gasteiger partial charge in [0.05, 0.1) is 22.3 Å². The summed E-state index contributed by atoms with van der Waals surface area (Å²) in [5.41, 5.74) is 11.3. The summed E-state index contributed by atoms with van der Waals surface area (Å²) in [4.78, 5) is 2.60. The summed E-state index contributed by atoms with van der Waals surface area (Å²) in [7, 11) is -8.93. The molecule has 0 spiro atoms. The normalized spacial score (nSPS) is 13.3. The highest BCUT2D eigenvalue weighted by Gasteiger charge is 2.33. The van der Waals surface area contributed by atoms with E-state index in [4.69, 9.17) is 16.6 Å². The lowest BCUT2D eigenvalue weighted by Gasteiger charge is -2.17. The topological polar surface area (TPSA) is 234 Å². The first kappa shape index (κ1) is 21.7. The van der Waals surface area contributed by atoms with E-state index in [0.717, 1.165) is 6.07 Å². The van der Waals surface area contributed by atoms with Gasteiger partial charge >= 0.3 is 0 Å². The number of aromatic nitrogens is 5. The fourth-order valence-corrected chi connectivity index (χ4v) is 5.84. The second-order valence-electron chi connectivity index (χ2n) is 6.24. The lowest BCUT2D eigenvalue weighted by atomic mass is 10.0. The molecule has 0 amide bonds. The predicted octanol–water partition coefficient (Wildman–Crippen LogP) is -1.75. The summed E-state index contributed by atoms with van der Waals surface area (Å²) in [6, 6.07) is 5.47. The number of anilines is 1. The number of hydrogen-bond acceptors (Lipinski definition) is 11. The van der Waals surface area contributed by atoms with Crippen molar-refractivity contribution >= 4 is 25.7 Å². The van der Waals surface area contributed by atoms with Gasteiger partial charge in [-0.2, -0.15) is 5.21 Å². The predicted molar refractivity (Wildman–Crippen MR) is 106 cm³/mol. The Morgan fingerprint density at radius 3 is 2.40 bits per heavy atom. The summed E-state index contributed by atoms with van der Waals surface area (Å²) >= 11 is 0. The van der Waals surface area contributed by atoms with Crippen LogP contribution < -0.4 is 16.6 Å². The van der Waals surface area contributed by atoms with E-state index >= 15 is 0 Å². The number of rotatable bonds is 7. The summed E-state index contributed by atoms with van der Waals surface area (Å²) in [6.45, 7) is -0.336. The molecule has 8 N–H and O–H groups in total. The summed E-state index contributed by atoms with van der Waals surface area (Å²) in [5, 5.41) is 28.3. The maximum atomic E-state index is 12.9. The Bertz CT molecular complexity index is 1260. The van der Waals surface area contributed by atoms with Crippen molar-refractivity contribution in [1.82, 2.24) is 25.6 Å². The molecule has 1 atom stereocenters. The van der Waals surface area contributed by atoms with Crippen LogP contribution in [0.1, 0.15) is 0 Å². The number of nitrogens with one attached hydrogen (secondary N) is 1. The van der Waals surface area contributed by atoms with Gasteiger partial charge in [0, 0.05) is 18.3 Å². The first-order chi connectivity index (χ1) is 14.0. The minimum atomic E-state index is -4.61. The van der Waals surface area contributed by atoms with Gasteiger partial charge in [0.1, 0.15) is 10.7 Å². The lowest BCUT2D eigenvalue weighted by molar-refractivity contribution is 0.205. The van der Waals surface area contributed by atoms with Crippen molar-refractivity contribution in [3.05, 3.63) is 30.5 Å². The third-order valence-corrected chi connectivity index (χ3v) is 7.05. The Morgan fingerprint density at radius 2 is 1.87 bits per heavy atom. The molecule has 3 rings (SSSR count). The van der Waals surface area contributed by atoms with Crippen LogP contribution in [0.5, 0.6) is 0 Å². The quantitative estimate of drug-likeness (QED) is 0.268. The number of nitrogen functional groups attached to an aromatic ring is 1. The average molecular weight is 454 g/mol. The highest BCUT2D eigenvalue weighted by atomic mass is 32.2. The molecule has 2 heterocycles. The van der Waals surface area contributed by atoms with E-state index in [1.54, 1.807) is 6.07 Å². The van der Waals surface area contributed by atoms with Crippen molar-refractivity contribution < 1.29 is 21.9 Å². The van der Waals surface area contributed by atoms with Gasteiger partial charge in [-0.25, -0.2) is 27.0 Å². The molecule has 30 heavy (non-hydrogen) atoms. The zero-order valence-corrected chi connectivity index (χ0v) is 16.9. The number of sulfonamides is 1. The number of nitrogens with two attached hydrogens (primary N) is 3. The molecule has 15 heteroatoms. The average Bonchev–Trinajstić information content (AvgIpc) is 3.21. The fourth-order valence-electron chi connectivity index (χ4n) is 2.80. The van der Waals surface area contributed by atoms with E-state index in [1.165, 1.54) is 18.3 Å². The zero-order chi connectivity index (χ0) is 22.1. The van der Waals surface area contributed by atoms with Crippen LogP contribution in [0.25, 0.3) is 22.5 Å². The molecule has 0 aliphatic carbocycles. The van der Waals surface area contributed by atoms with E-state index in [2.05, 4.69) is 25.6 Å². The second-order valence-corrected chi connectivity index (χ2v) is 9.74. The number of aromatic amines is 1. The van der Waals surface area contributed by atoms with Crippen LogP contribution in [0.3, 0.4) is 0 Å². The number of nitrogens with zero attached hydrogens (tertiary/aromatic N) is 4. The van der Waals surface area contributed by atoms with E-state index in [9.17, 15) is 21.9 Å². The largest absolute Gasteiger partial charge is 0.391 e. The van der Waals surface area contributed by atoms with Crippen LogP contribution in [0.4, 0.5) is 5.82 Å². The van der Waals surface area contributed by atoms with Crippen LogP contribution in [0.2, 0.25) is 0 Å². The number of primary sulfonamides is 1. The Kier molecular flexibility index (Phi) is 5.82. The standard InChI is InChI=1S/C15H18N8O5S2/c16-5-9(24)7-29(25,26)11-3-2-10(8-1-4-12(17)19-6-8)13(14(11)30(18,27)28)15-20-22-23-21-15/h1-4,6,9,24H,5,7,16H2,(H2,17,19)(H2,18,27,28)(H,20,21,22,23)/t9-/m0/s1. The lowest BCUT2D eigenvalue weighted by Crippen LogP contribution is -2.30. The third kappa shape index (κ3) is 4.29. The molecule has 0 saturated carbocycles. The van der Waals surface area contributed by atoms with Crippen LogP contribution in [-0.2, 0) is 19.9 Å². The van der Waals surface area contributed by atoms with Gasteiger partial charge in [-0.3, -0.25) is 0 Å². The van der Waals surface area contributed by atoms with Gasteiger partial charge < -0.3 is 16.6 Å². The third-order valence-electron chi connectivity index (χ3n) is 4.09. The Hall–Kier alpha value is -2.98. The van der Waals surface area contributed by atoms with Gasteiger partial charge in [0.15, 0.2) is 9.84 Å². The summed E-state index contributed by atoms with van der Waals surface area (Å²) in [6.07, 6.45) is -0.0361. The van der Waals surface area contributed by atoms with Crippen molar-refractivity contribution in [1.29, 1.82) is 0 Å². The van der Waals surface area contributed by atoms with E-state index in [-0.39, 0.29) is 29.3 Å². The highest BCUT2D eigenvalue weighted by molar-refractivity contribution is 7.93. The van der Waals surface area contributed by atoms with E-state index in [1.807, 2.05) is 0 Å². The first-order valence-corrected chi connectivity index (χ1v) is 11.5. The molecule has 0 saturated heterocycles. The molecule has 2 aromatic heterocycles. The molecule has 0 radical (unpaired) electrons. The summed E-state index contributed by atoms with van der Waals surface area (Å²) < 4.78 is 50.7. The second kappa shape index (κ2) is 8.04. The Balaban J connectivity index is 2.40. The number of aliphatic hydroxyl groups excluding tert-OH is 1. The number of pyridine rings is 1. The number of H-pyrrole nitrogens is 1. The number of hydrogen-bond donors (Lipinski definition) is 5. The molecule has 3 aromatic rings. The molecule has 160 valence electrons. The fraction of sp³-hybridized carbons (Fsp3) is 0.200. The van der Waals surface area contributed by atoms with Crippen molar-refractivity contribution in [2.75, 3.05) is 18.0 Å². The SMILES string of the molecule is NC[C@H](O)CS(=O)(=O)c1ccc(-c2ccc(N)nc2)c(-c2nn[nH]n2)c1S(N)(=O)=O. The highest BCUT2D eigenvalue weighted by Crippen LogP contribution is 2.38. The molecular weight excluding hydrogens is 436 g/mol. The van der Waals surface area contributed by atoms with Crippen molar-refractivity contribution in [2.24, 2.45) is 10.9 Å². The van der Waals surface area contributed by atoms with Crippen LogP contribution in [0.15, 0.2) is 40.3 Å². The summed E-state index contributed by atoms with van der Waals surface area (Å²) in [5.74, 6) is -0.788. The van der Waals surface area contributed by atoms with Gasteiger partial charge in [0.2, 0.25) is 15.8 Å². The number of aliphatic hydroxyl groups is 1. The Labute approximate surface area is 171 Å². The van der Waals surface area contributed by atoms with Crippen LogP contribution >= 0.6 is 0 Å². The maximum absolute atomic E-state index is 12.9. The van der Waals surface area contributed by atoms with Crippen molar-refractivity contribution in [3.8, 4) is 22.5 Å². The molecule has 0 aliphatic heterocycles. The maximum Gasteiger partial charge on any atom is 0.240 e. The molecule has 0 bridgehead atoms. The van der Waals surface area contributed by atoms with E-state index in [0.29, 0.717) is 5.56 Å². The first-order valence-electron chi connectivity index (χ1n) is 8.31. The number of sulfone groups is 1. The minimum absolute atomic E-state index is 0.193. The molecule has 0 fully saturated rings. The van der Waals surface area contributed by atoms with Crippen LogP contribution in [0, 0.1) is 0 Å². The molecule has 13 nitrogen and oxygen atoms in total. The number of benzene rings is 1.